The Balaban J connectivity index is 1.60. The third-order valence-electron chi connectivity index (χ3n) is 8.72. The van der Waals surface area contributed by atoms with Gasteiger partial charge in [0.1, 0.15) is 7.05 Å². The number of fused-ring (bicyclic) bond motifs is 1. The van der Waals surface area contributed by atoms with Crippen molar-refractivity contribution in [3.05, 3.63) is 64.7 Å². The number of nitrogens with zero attached hydrogens (tertiary/aromatic N) is 1. The summed E-state index contributed by atoms with van der Waals surface area (Å²) in [7, 11) is 2.25. The molecule has 0 bridgehead atoms. The highest BCUT2D eigenvalue weighted by atomic mass is 14.9. The molecule has 2 aliphatic rings. The molecular formula is C30H38N+. The van der Waals surface area contributed by atoms with E-state index in [1.165, 1.54) is 96.6 Å². The van der Waals surface area contributed by atoms with Gasteiger partial charge in [0.05, 0.1) is 0 Å². The largest absolute Gasteiger partial charge is 0.213 e. The second kappa shape index (κ2) is 8.08. The molecule has 2 aromatic carbocycles. The maximum atomic E-state index is 2.55. The summed E-state index contributed by atoms with van der Waals surface area (Å²) in [5.74, 6) is 0.698. The maximum Gasteiger partial charge on any atom is 0.213 e. The van der Waals surface area contributed by atoms with Gasteiger partial charge in [-0.05, 0) is 99.5 Å². The summed E-state index contributed by atoms with van der Waals surface area (Å²) in [4.78, 5) is 0. The molecule has 2 aliphatic carbocycles. The zero-order valence-corrected chi connectivity index (χ0v) is 19.9. The predicted molar refractivity (Wildman–Crippen MR) is 131 cm³/mol. The van der Waals surface area contributed by atoms with Crippen molar-refractivity contribution in [2.24, 2.45) is 12.5 Å². The van der Waals surface area contributed by atoms with Crippen molar-refractivity contribution in [3.63, 3.8) is 0 Å². The minimum atomic E-state index is 0.678. The first-order valence-corrected chi connectivity index (χ1v) is 12.5. The summed E-state index contributed by atoms with van der Waals surface area (Å²) < 4.78 is 2.42. The average molecular weight is 413 g/mol. The first kappa shape index (κ1) is 20.7. The summed E-state index contributed by atoms with van der Waals surface area (Å²) in [5, 5.41) is 1.46. The monoisotopic (exact) mass is 412 g/mol. The molecule has 0 radical (unpaired) electrons. The van der Waals surface area contributed by atoms with Crippen LogP contribution < -0.4 is 4.57 Å². The second-order valence-corrected chi connectivity index (χ2v) is 10.7. The lowest BCUT2D eigenvalue weighted by molar-refractivity contribution is -0.633. The lowest BCUT2D eigenvalue weighted by Crippen LogP contribution is -2.34. The topological polar surface area (TPSA) is 3.88 Å². The first-order chi connectivity index (χ1) is 15.0. The molecule has 0 amide bonds. The van der Waals surface area contributed by atoms with Crippen molar-refractivity contribution in [2.75, 3.05) is 0 Å². The van der Waals surface area contributed by atoms with E-state index < -0.39 is 0 Å². The standard InChI is InChI=1S/C30H38N/c1-21-18-22(2)23(3)26(19-21)29-20-27(25-10-6-7-11-28(25)31(29)4)24-12-16-30(17-13-24)14-8-5-9-15-30/h6-7,10-11,18-20,24H,5,8-9,12-17H2,1-4H3/q+1. The van der Waals surface area contributed by atoms with Gasteiger partial charge in [0.2, 0.25) is 11.2 Å². The van der Waals surface area contributed by atoms with Crippen molar-refractivity contribution >= 4 is 10.9 Å². The quantitative estimate of drug-likeness (QED) is 0.377. The fourth-order valence-corrected chi connectivity index (χ4v) is 6.71. The van der Waals surface area contributed by atoms with Crippen LogP contribution in [-0.2, 0) is 7.05 Å². The number of aryl methyl sites for hydroxylation is 3. The van der Waals surface area contributed by atoms with Crippen LogP contribution in [0.5, 0.6) is 0 Å². The molecule has 31 heavy (non-hydrogen) atoms. The van der Waals surface area contributed by atoms with Crippen LogP contribution in [0.1, 0.15) is 86.0 Å². The van der Waals surface area contributed by atoms with Crippen molar-refractivity contribution in [1.29, 1.82) is 0 Å². The summed E-state index contributed by atoms with van der Waals surface area (Å²) in [6.45, 7) is 6.76. The number of hydrogen-bond acceptors (Lipinski definition) is 0. The van der Waals surface area contributed by atoms with E-state index >= 15 is 0 Å². The van der Waals surface area contributed by atoms with E-state index in [1.54, 1.807) is 5.56 Å². The van der Waals surface area contributed by atoms with Crippen LogP contribution in [0, 0.1) is 26.2 Å². The van der Waals surface area contributed by atoms with Crippen LogP contribution in [0.25, 0.3) is 22.2 Å². The zero-order valence-electron chi connectivity index (χ0n) is 19.9. The van der Waals surface area contributed by atoms with Crippen molar-refractivity contribution in [2.45, 2.75) is 84.5 Å². The van der Waals surface area contributed by atoms with Gasteiger partial charge in [-0.15, -0.1) is 0 Å². The van der Waals surface area contributed by atoms with Gasteiger partial charge in [-0.25, -0.2) is 0 Å². The molecule has 1 spiro atoms. The first-order valence-electron chi connectivity index (χ1n) is 12.5. The van der Waals surface area contributed by atoms with Gasteiger partial charge >= 0.3 is 0 Å². The Hall–Kier alpha value is -2.15. The van der Waals surface area contributed by atoms with Crippen LogP contribution in [0.4, 0.5) is 0 Å². The third-order valence-corrected chi connectivity index (χ3v) is 8.72. The number of pyridine rings is 1. The summed E-state index contributed by atoms with van der Waals surface area (Å²) in [6, 6.07) is 16.3. The molecule has 162 valence electrons. The highest BCUT2D eigenvalue weighted by Gasteiger charge is 2.37. The molecule has 0 N–H and O–H groups in total. The molecule has 0 saturated heterocycles. The van der Waals surface area contributed by atoms with Crippen LogP contribution >= 0.6 is 0 Å². The van der Waals surface area contributed by atoms with E-state index in [4.69, 9.17) is 0 Å². The fraction of sp³-hybridized carbons (Fsp3) is 0.500. The maximum absolute atomic E-state index is 2.55. The van der Waals surface area contributed by atoms with Crippen LogP contribution in [-0.4, -0.2) is 0 Å². The number of rotatable bonds is 2. The summed E-state index contributed by atoms with van der Waals surface area (Å²) in [5.41, 5.74) is 10.6. The third kappa shape index (κ3) is 3.71. The van der Waals surface area contributed by atoms with E-state index in [1.807, 2.05) is 0 Å². The van der Waals surface area contributed by atoms with Gasteiger partial charge in [0, 0.05) is 23.1 Å². The number of benzene rings is 2. The summed E-state index contributed by atoms with van der Waals surface area (Å²) in [6.07, 6.45) is 13.0. The molecule has 3 aromatic rings. The lowest BCUT2D eigenvalue weighted by atomic mass is 9.62. The van der Waals surface area contributed by atoms with Gasteiger partial charge in [0.25, 0.3) is 0 Å². The van der Waals surface area contributed by atoms with Crippen molar-refractivity contribution in [3.8, 4) is 11.3 Å². The molecule has 1 heteroatoms. The SMILES string of the molecule is Cc1cc(C)c(C)c(-c2cc(C3CCC4(CCCCC4)CC3)c3ccccc3[n+]2C)c1. The normalized spacial score (nSPS) is 19.2. The van der Waals surface area contributed by atoms with Gasteiger partial charge in [-0.2, -0.15) is 4.57 Å². The number of aromatic nitrogens is 1. The summed E-state index contributed by atoms with van der Waals surface area (Å²) >= 11 is 0. The Labute approximate surface area is 188 Å². The highest BCUT2D eigenvalue weighted by Crippen LogP contribution is 2.51. The molecule has 1 nitrogen and oxygen atoms in total. The van der Waals surface area contributed by atoms with E-state index in [0.29, 0.717) is 11.3 Å². The zero-order chi connectivity index (χ0) is 21.6. The fourth-order valence-electron chi connectivity index (χ4n) is 6.71. The van der Waals surface area contributed by atoms with Crippen LogP contribution in [0.15, 0.2) is 42.5 Å². The molecule has 1 heterocycles. The number of hydrogen-bond donors (Lipinski definition) is 0. The Morgan fingerprint density at radius 1 is 0.839 bits per heavy atom. The Kier molecular flexibility index (Phi) is 5.40. The molecule has 2 fully saturated rings. The Bertz CT molecular complexity index is 1110. The molecule has 1 aromatic heterocycles. The van der Waals surface area contributed by atoms with Gasteiger partial charge in [-0.3, -0.25) is 0 Å². The Morgan fingerprint density at radius 3 is 2.29 bits per heavy atom. The predicted octanol–water partition coefficient (Wildman–Crippen LogP) is 7.86. The minimum absolute atomic E-state index is 0.678. The highest BCUT2D eigenvalue weighted by molar-refractivity contribution is 5.82. The molecule has 5 rings (SSSR count). The van der Waals surface area contributed by atoms with E-state index in [-0.39, 0.29) is 0 Å². The minimum Gasteiger partial charge on any atom is -0.194 e. The molecule has 0 atom stereocenters. The van der Waals surface area contributed by atoms with Gasteiger partial charge in [-0.1, -0.05) is 43.0 Å². The van der Waals surface area contributed by atoms with Gasteiger partial charge < -0.3 is 0 Å². The molecule has 0 aliphatic heterocycles. The van der Waals surface area contributed by atoms with E-state index in [0.717, 1.165) is 0 Å². The van der Waals surface area contributed by atoms with Crippen LogP contribution in [0.2, 0.25) is 0 Å². The number of para-hydroxylation sites is 1. The van der Waals surface area contributed by atoms with E-state index in [9.17, 15) is 0 Å². The second-order valence-electron chi connectivity index (χ2n) is 10.7. The van der Waals surface area contributed by atoms with E-state index in [2.05, 4.69) is 74.9 Å². The van der Waals surface area contributed by atoms with Crippen molar-refractivity contribution in [1.82, 2.24) is 0 Å². The van der Waals surface area contributed by atoms with Crippen LogP contribution in [0.3, 0.4) is 0 Å². The Morgan fingerprint density at radius 2 is 1.55 bits per heavy atom. The van der Waals surface area contributed by atoms with Gasteiger partial charge in [0.15, 0.2) is 0 Å². The molecular weight excluding hydrogens is 374 g/mol. The molecule has 0 unspecified atom stereocenters. The average Bonchev–Trinajstić information content (AvgIpc) is 2.78. The lowest BCUT2D eigenvalue weighted by Gasteiger charge is -2.43. The molecule has 2 saturated carbocycles. The van der Waals surface area contributed by atoms with Crippen molar-refractivity contribution < 1.29 is 4.57 Å². The smallest absolute Gasteiger partial charge is 0.194 e.